The number of carbonyl (C=O) groups excluding carboxylic acids is 2. The molecule has 1 aliphatic carbocycles. The predicted molar refractivity (Wildman–Crippen MR) is 72.8 cm³/mol. The molecule has 1 aliphatic heterocycles. The molecule has 1 fully saturated rings. The van der Waals surface area contributed by atoms with Gasteiger partial charge in [-0.25, -0.2) is 0 Å². The standard InChI is InChI=1S/C10H13NOS.C3H6O2/c1-7(12)11-10-6-8-4-2-3-5-9(8)13-10;1-2-5-3-4/h2-3,5,8,10H,4,6H2,1H3,(H,11,12);3H,2H2,1H3. The molecule has 0 aromatic carbocycles. The summed E-state index contributed by atoms with van der Waals surface area (Å²) in [7, 11) is 0. The van der Waals surface area contributed by atoms with Crippen molar-refractivity contribution in [2.24, 2.45) is 5.92 Å². The average Bonchev–Trinajstić information content (AvgIpc) is 2.71. The van der Waals surface area contributed by atoms with Gasteiger partial charge in [-0.05, 0) is 30.6 Å². The van der Waals surface area contributed by atoms with Crippen LogP contribution in [0.15, 0.2) is 23.1 Å². The highest BCUT2D eigenvalue weighted by atomic mass is 32.2. The summed E-state index contributed by atoms with van der Waals surface area (Å²) in [5.74, 6) is 0.733. The van der Waals surface area contributed by atoms with E-state index in [1.807, 2.05) is 0 Å². The molecule has 1 heterocycles. The highest BCUT2D eigenvalue weighted by Gasteiger charge is 2.30. The second-order valence-corrected chi connectivity index (χ2v) is 5.30. The fraction of sp³-hybridized carbons (Fsp3) is 0.538. The molecule has 5 heteroatoms. The predicted octanol–water partition coefficient (Wildman–Crippen LogP) is 2.22. The zero-order valence-electron chi connectivity index (χ0n) is 10.7. The van der Waals surface area contributed by atoms with Crippen molar-refractivity contribution in [1.29, 1.82) is 0 Å². The molecule has 0 bridgehead atoms. The van der Waals surface area contributed by atoms with Crippen LogP contribution in [0.3, 0.4) is 0 Å². The number of nitrogens with one attached hydrogen (secondary N) is 1. The Morgan fingerprint density at radius 2 is 2.44 bits per heavy atom. The van der Waals surface area contributed by atoms with E-state index in [2.05, 4.69) is 28.3 Å². The van der Waals surface area contributed by atoms with Crippen LogP contribution in [0.5, 0.6) is 0 Å². The Labute approximate surface area is 112 Å². The summed E-state index contributed by atoms with van der Waals surface area (Å²) in [6, 6.07) is 0. The number of fused-ring (bicyclic) bond motifs is 1. The number of hydrogen-bond acceptors (Lipinski definition) is 4. The Morgan fingerprint density at radius 3 is 2.94 bits per heavy atom. The molecule has 0 aromatic rings. The lowest BCUT2D eigenvalue weighted by atomic mass is 9.97. The normalized spacial score (nSPS) is 24.2. The van der Waals surface area contributed by atoms with Gasteiger partial charge in [0.05, 0.1) is 12.0 Å². The Morgan fingerprint density at radius 1 is 1.67 bits per heavy atom. The fourth-order valence-corrected chi connectivity index (χ4v) is 3.28. The van der Waals surface area contributed by atoms with Gasteiger partial charge in [0.2, 0.25) is 5.91 Å². The first-order valence-corrected chi connectivity index (χ1v) is 6.91. The molecule has 1 N–H and O–H groups in total. The smallest absolute Gasteiger partial charge is 0.293 e. The fourth-order valence-electron chi connectivity index (χ4n) is 1.86. The van der Waals surface area contributed by atoms with Gasteiger partial charge in [-0.3, -0.25) is 9.59 Å². The third-order valence-corrected chi connectivity index (χ3v) is 3.93. The molecule has 2 rings (SSSR count). The Hall–Kier alpha value is -1.23. The maximum atomic E-state index is 10.8. The lowest BCUT2D eigenvalue weighted by Gasteiger charge is -2.10. The highest BCUT2D eigenvalue weighted by Crippen LogP contribution is 2.43. The van der Waals surface area contributed by atoms with Crippen molar-refractivity contribution < 1.29 is 14.3 Å². The summed E-state index contributed by atoms with van der Waals surface area (Å²) in [6.45, 7) is 4.24. The van der Waals surface area contributed by atoms with E-state index in [9.17, 15) is 9.59 Å². The summed E-state index contributed by atoms with van der Waals surface area (Å²) >= 11 is 1.80. The zero-order valence-corrected chi connectivity index (χ0v) is 11.5. The van der Waals surface area contributed by atoms with Gasteiger partial charge in [-0.1, -0.05) is 18.2 Å². The maximum absolute atomic E-state index is 10.8. The Bertz CT molecular complexity index is 352. The van der Waals surface area contributed by atoms with Crippen LogP contribution in [0.1, 0.15) is 26.7 Å². The highest BCUT2D eigenvalue weighted by molar-refractivity contribution is 8.03. The first-order valence-electron chi connectivity index (χ1n) is 6.03. The van der Waals surface area contributed by atoms with Crippen molar-refractivity contribution in [2.45, 2.75) is 32.1 Å². The average molecular weight is 269 g/mol. The maximum Gasteiger partial charge on any atom is 0.293 e. The minimum absolute atomic E-state index is 0.0738. The molecule has 2 atom stereocenters. The van der Waals surface area contributed by atoms with Crippen LogP contribution in [-0.4, -0.2) is 24.4 Å². The zero-order chi connectivity index (χ0) is 13.4. The summed E-state index contributed by atoms with van der Waals surface area (Å²) < 4.78 is 4.15. The summed E-state index contributed by atoms with van der Waals surface area (Å²) in [6.07, 6.45) is 8.69. The number of hydrogen-bond donors (Lipinski definition) is 1. The van der Waals surface area contributed by atoms with Gasteiger partial charge in [0.15, 0.2) is 0 Å². The second kappa shape index (κ2) is 7.97. The number of thioether (sulfide) groups is 1. The lowest BCUT2D eigenvalue weighted by molar-refractivity contribution is -0.128. The minimum atomic E-state index is 0.0738. The third kappa shape index (κ3) is 4.96. The number of carbonyl (C=O) groups is 2. The van der Waals surface area contributed by atoms with E-state index < -0.39 is 0 Å². The van der Waals surface area contributed by atoms with Crippen molar-refractivity contribution >= 4 is 24.1 Å². The van der Waals surface area contributed by atoms with Gasteiger partial charge >= 0.3 is 0 Å². The van der Waals surface area contributed by atoms with Crippen molar-refractivity contribution in [1.82, 2.24) is 5.32 Å². The SMILES string of the molecule is CC(=O)NC1CC2CC=CC=C2S1.CCOC=O. The van der Waals surface area contributed by atoms with Gasteiger partial charge in [0.25, 0.3) is 6.47 Å². The van der Waals surface area contributed by atoms with E-state index in [0.29, 0.717) is 24.4 Å². The van der Waals surface area contributed by atoms with Crippen molar-refractivity contribution in [3.63, 3.8) is 0 Å². The number of ether oxygens (including phenoxy) is 1. The van der Waals surface area contributed by atoms with Crippen LogP contribution in [0.4, 0.5) is 0 Å². The first-order chi connectivity index (χ1) is 8.67. The molecule has 1 amide bonds. The van der Waals surface area contributed by atoms with E-state index in [-0.39, 0.29) is 5.91 Å². The van der Waals surface area contributed by atoms with Gasteiger partial charge in [-0.15, -0.1) is 11.8 Å². The summed E-state index contributed by atoms with van der Waals surface area (Å²) in [4.78, 5) is 21.5. The minimum Gasteiger partial charge on any atom is -0.468 e. The molecule has 0 aromatic heterocycles. The summed E-state index contributed by atoms with van der Waals surface area (Å²) in [5, 5.41) is 3.25. The molecule has 0 radical (unpaired) electrons. The van der Waals surface area contributed by atoms with Crippen LogP contribution in [0.2, 0.25) is 0 Å². The number of allylic oxidation sites excluding steroid dienone is 4. The Kier molecular flexibility index (Phi) is 6.57. The lowest BCUT2D eigenvalue weighted by Crippen LogP contribution is -2.28. The largest absolute Gasteiger partial charge is 0.468 e. The van der Waals surface area contributed by atoms with Crippen LogP contribution >= 0.6 is 11.8 Å². The molecule has 4 nitrogen and oxygen atoms in total. The molecule has 18 heavy (non-hydrogen) atoms. The van der Waals surface area contributed by atoms with E-state index in [1.54, 1.807) is 25.6 Å². The monoisotopic (exact) mass is 269 g/mol. The van der Waals surface area contributed by atoms with Gasteiger partial charge in [-0.2, -0.15) is 0 Å². The second-order valence-electron chi connectivity index (χ2n) is 4.02. The molecule has 2 aliphatic rings. The van der Waals surface area contributed by atoms with Crippen molar-refractivity contribution in [3.05, 3.63) is 23.1 Å². The number of amides is 1. The van der Waals surface area contributed by atoms with Crippen LogP contribution < -0.4 is 5.32 Å². The van der Waals surface area contributed by atoms with Gasteiger partial charge in [0, 0.05) is 6.92 Å². The van der Waals surface area contributed by atoms with Crippen molar-refractivity contribution in [2.75, 3.05) is 6.61 Å². The summed E-state index contributed by atoms with van der Waals surface area (Å²) in [5.41, 5.74) is 0. The molecule has 1 saturated heterocycles. The van der Waals surface area contributed by atoms with E-state index in [4.69, 9.17) is 0 Å². The third-order valence-electron chi connectivity index (χ3n) is 2.60. The van der Waals surface area contributed by atoms with Crippen LogP contribution in [0, 0.1) is 5.92 Å². The molecule has 0 saturated carbocycles. The van der Waals surface area contributed by atoms with E-state index in [0.717, 1.165) is 12.8 Å². The van der Waals surface area contributed by atoms with Gasteiger partial charge < -0.3 is 10.1 Å². The molecular weight excluding hydrogens is 250 g/mol. The molecule has 0 spiro atoms. The van der Waals surface area contributed by atoms with Crippen molar-refractivity contribution in [3.8, 4) is 0 Å². The molecular formula is C13H19NO3S. The Balaban J connectivity index is 0.000000280. The van der Waals surface area contributed by atoms with E-state index >= 15 is 0 Å². The molecule has 2 unspecified atom stereocenters. The first kappa shape index (κ1) is 14.8. The molecule has 100 valence electrons. The van der Waals surface area contributed by atoms with Gasteiger partial charge in [0.1, 0.15) is 0 Å². The topological polar surface area (TPSA) is 55.4 Å². The van der Waals surface area contributed by atoms with Crippen LogP contribution in [0.25, 0.3) is 0 Å². The number of rotatable bonds is 3. The quantitative estimate of drug-likeness (QED) is 0.798. The van der Waals surface area contributed by atoms with Crippen LogP contribution in [-0.2, 0) is 14.3 Å². The van der Waals surface area contributed by atoms with E-state index in [1.165, 1.54) is 4.91 Å².